The highest BCUT2D eigenvalue weighted by molar-refractivity contribution is 5.94. The molecule has 3 N–H and O–H groups in total. The smallest absolute Gasteiger partial charge is 0.251 e. The summed E-state index contributed by atoms with van der Waals surface area (Å²) < 4.78 is 0. The minimum absolute atomic E-state index is 0.00456. The summed E-state index contributed by atoms with van der Waals surface area (Å²) in [6.07, 6.45) is 7.69. The van der Waals surface area contributed by atoms with Gasteiger partial charge in [0.05, 0.1) is 0 Å². The van der Waals surface area contributed by atoms with Crippen LogP contribution in [0.1, 0.15) is 36.0 Å². The van der Waals surface area contributed by atoms with Crippen molar-refractivity contribution in [2.24, 2.45) is 11.7 Å². The highest BCUT2D eigenvalue weighted by Crippen LogP contribution is 2.23. The van der Waals surface area contributed by atoms with Crippen molar-refractivity contribution >= 4 is 5.91 Å². The molecular formula is C13H19N3O. The number of nitrogens with two attached hydrogens (primary N) is 1. The zero-order chi connectivity index (χ0) is 12.1. The van der Waals surface area contributed by atoms with Crippen LogP contribution in [0.3, 0.4) is 0 Å². The maximum absolute atomic E-state index is 11.9. The van der Waals surface area contributed by atoms with Gasteiger partial charge < -0.3 is 11.1 Å². The SMILES string of the molecule is NCC1CCCC(NC(=O)c2ccncc2)C1. The van der Waals surface area contributed by atoms with Gasteiger partial charge in [0.25, 0.3) is 5.91 Å². The molecule has 1 aliphatic carbocycles. The van der Waals surface area contributed by atoms with Gasteiger partial charge in [-0.25, -0.2) is 0 Å². The van der Waals surface area contributed by atoms with Crippen molar-refractivity contribution in [1.82, 2.24) is 10.3 Å². The lowest BCUT2D eigenvalue weighted by molar-refractivity contribution is 0.0920. The third-order valence-corrected chi connectivity index (χ3v) is 3.39. The second-order valence-electron chi connectivity index (χ2n) is 4.67. The average molecular weight is 233 g/mol. The molecule has 1 fully saturated rings. The van der Waals surface area contributed by atoms with Gasteiger partial charge in [0.2, 0.25) is 0 Å². The molecule has 2 atom stereocenters. The lowest BCUT2D eigenvalue weighted by atomic mass is 9.85. The quantitative estimate of drug-likeness (QED) is 0.827. The number of rotatable bonds is 3. The first-order valence-electron chi connectivity index (χ1n) is 6.20. The highest BCUT2D eigenvalue weighted by atomic mass is 16.1. The van der Waals surface area contributed by atoms with E-state index in [0.29, 0.717) is 11.5 Å². The normalized spacial score (nSPS) is 24.3. The van der Waals surface area contributed by atoms with Crippen LogP contribution in [0.15, 0.2) is 24.5 Å². The number of hydrogen-bond acceptors (Lipinski definition) is 3. The van der Waals surface area contributed by atoms with Crippen LogP contribution in [-0.4, -0.2) is 23.5 Å². The minimum atomic E-state index is -0.00456. The first-order valence-corrected chi connectivity index (χ1v) is 6.20. The summed E-state index contributed by atoms with van der Waals surface area (Å²) in [5.41, 5.74) is 6.36. The van der Waals surface area contributed by atoms with Gasteiger partial charge in [-0.05, 0) is 43.9 Å². The zero-order valence-electron chi connectivity index (χ0n) is 9.93. The average Bonchev–Trinajstić information content (AvgIpc) is 2.40. The number of nitrogens with one attached hydrogen (secondary N) is 1. The monoisotopic (exact) mass is 233 g/mol. The van der Waals surface area contributed by atoms with Gasteiger partial charge in [-0.2, -0.15) is 0 Å². The van der Waals surface area contributed by atoms with Gasteiger partial charge in [0, 0.05) is 24.0 Å². The highest BCUT2D eigenvalue weighted by Gasteiger charge is 2.22. The molecule has 1 heterocycles. The Balaban J connectivity index is 1.90. The Morgan fingerprint density at radius 3 is 2.88 bits per heavy atom. The summed E-state index contributed by atoms with van der Waals surface area (Å²) in [6.45, 7) is 0.724. The molecule has 4 heteroatoms. The lowest BCUT2D eigenvalue weighted by Gasteiger charge is -2.28. The fourth-order valence-corrected chi connectivity index (χ4v) is 2.41. The first kappa shape index (κ1) is 12.0. The van der Waals surface area contributed by atoms with Crippen LogP contribution in [0.4, 0.5) is 0 Å². The van der Waals surface area contributed by atoms with E-state index in [-0.39, 0.29) is 11.9 Å². The van der Waals surface area contributed by atoms with Crippen LogP contribution >= 0.6 is 0 Å². The molecule has 0 bridgehead atoms. The number of carbonyl (C=O) groups excluding carboxylic acids is 1. The van der Waals surface area contributed by atoms with Crippen LogP contribution in [0, 0.1) is 5.92 Å². The fraction of sp³-hybridized carbons (Fsp3) is 0.538. The van der Waals surface area contributed by atoms with E-state index in [1.807, 2.05) is 0 Å². The first-order chi connectivity index (χ1) is 8.29. The number of aromatic nitrogens is 1. The van der Waals surface area contributed by atoms with E-state index < -0.39 is 0 Å². The van der Waals surface area contributed by atoms with E-state index in [0.717, 1.165) is 25.8 Å². The topological polar surface area (TPSA) is 68.0 Å². The van der Waals surface area contributed by atoms with E-state index in [1.165, 1.54) is 6.42 Å². The second-order valence-corrected chi connectivity index (χ2v) is 4.67. The van der Waals surface area contributed by atoms with Crippen molar-refractivity contribution in [2.45, 2.75) is 31.7 Å². The summed E-state index contributed by atoms with van der Waals surface area (Å²) in [7, 11) is 0. The molecule has 1 saturated carbocycles. The predicted octanol–water partition coefficient (Wildman–Crippen LogP) is 1.33. The summed E-state index contributed by atoms with van der Waals surface area (Å²) >= 11 is 0. The predicted molar refractivity (Wildman–Crippen MR) is 66.5 cm³/mol. The number of hydrogen-bond donors (Lipinski definition) is 2. The van der Waals surface area contributed by atoms with Crippen molar-refractivity contribution in [1.29, 1.82) is 0 Å². The molecule has 0 saturated heterocycles. The summed E-state index contributed by atoms with van der Waals surface area (Å²) in [6, 6.07) is 3.75. The van der Waals surface area contributed by atoms with Crippen LogP contribution < -0.4 is 11.1 Å². The summed E-state index contributed by atoms with van der Waals surface area (Å²) in [5.74, 6) is 0.557. The molecule has 17 heavy (non-hydrogen) atoms. The van der Waals surface area contributed by atoms with Gasteiger partial charge in [0.15, 0.2) is 0 Å². The third kappa shape index (κ3) is 3.27. The fourth-order valence-electron chi connectivity index (χ4n) is 2.41. The van der Waals surface area contributed by atoms with Gasteiger partial charge >= 0.3 is 0 Å². The Bertz CT molecular complexity index is 366. The Hall–Kier alpha value is -1.42. The van der Waals surface area contributed by atoms with Crippen molar-refractivity contribution in [3.8, 4) is 0 Å². The number of carbonyl (C=O) groups is 1. The molecule has 0 radical (unpaired) electrons. The molecule has 0 aliphatic heterocycles. The Labute approximate surface area is 102 Å². The molecule has 0 spiro atoms. The van der Waals surface area contributed by atoms with Crippen molar-refractivity contribution in [3.63, 3.8) is 0 Å². The van der Waals surface area contributed by atoms with Gasteiger partial charge in [-0.1, -0.05) is 6.42 Å². The van der Waals surface area contributed by atoms with Gasteiger partial charge in [0.1, 0.15) is 0 Å². The van der Waals surface area contributed by atoms with Crippen LogP contribution in [0.25, 0.3) is 0 Å². The van der Waals surface area contributed by atoms with Gasteiger partial charge in [-0.15, -0.1) is 0 Å². The molecule has 0 aromatic carbocycles. The Morgan fingerprint density at radius 1 is 1.41 bits per heavy atom. The molecule has 1 aromatic heterocycles. The second kappa shape index (κ2) is 5.77. The summed E-state index contributed by atoms with van der Waals surface area (Å²) in [4.78, 5) is 15.8. The molecule has 92 valence electrons. The molecule has 2 rings (SSSR count). The number of pyridine rings is 1. The molecular weight excluding hydrogens is 214 g/mol. The lowest BCUT2D eigenvalue weighted by Crippen LogP contribution is -2.39. The van der Waals surface area contributed by atoms with Crippen LogP contribution in [-0.2, 0) is 0 Å². The maximum atomic E-state index is 11.9. The third-order valence-electron chi connectivity index (χ3n) is 3.39. The molecule has 1 aromatic rings. The van der Waals surface area contributed by atoms with E-state index >= 15 is 0 Å². The minimum Gasteiger partial charge on any atom is -0.349 e. The Kier molecular flexibility index (Phi) is 4.09. The van der Waals surface area contributed by atoms with Crippen molar-refractivity contribution in [3.05, 3.63) is 30.1 Å². The van der Waals surface area contributed by atoms with E-state index in [2.05, 4.69) is 10.3 Å². The Morgan fingerprint density at radius 2 is 2.18 bits per heavy atom. The largest absolute Gasteiger partial charge is 0.349 e. The van der Waals surface area contributed by atoms with Crippen LogP contribution in [0.5, 0.6) is 0 Å². The van der Waals surface area contributed by atoms with E-state index in [9.17, 15) is 4.79 Å². The summed E-state index contributed by atoms with van der Waals surface area (Å²) in [5, 5.41) is 3.08. The number of amides is 1. The van der Waals surface area contributed by atoms with Crippen LogP contribution in [0.2, 0.25) is 0 Å². The molecule has 1 amide bonds. The standard InChI is InChI=1S/C13H19N3O/c14-9-10-2-1-3-12(8-10)16-13(17)11-4-6-15-7-5-11/h4-7,10,12H,1-3,8-9,14H2,(H,16,17). The van der Waals surface area contributed by atoms with E-state index in [1.54, 1.807) is 24.5 Å². The van der Waals surface area contributed by atoms with Gasteiger partial charge in [-0.3, -0.25) is 9.78 Å². The maximum Gasteiger partial charge on any atom is 0.251 e. The number of nitrogens with zero attached hydrogens (tertiary/aromatic N) is 1. The molecule has 4 nitrogen and oxygen atoms in total. The van der Waals surface area contributed by atoms with E-state index in [4.69, 9.17) is 5.73 Å². The zero-order valence-corrected chi connectivity index (χ0v) is 9.93. The molecule has 1 aliphatic rings. The molecule has 2 unspecified atom stereocenters. The van der Waals surface area contributed by atoms with Crippen molar-refractivity contribution < 1.29 is 4.79 Å². The van der Waals surface area contributed by atoms with Crippen molar-refractivity contribution in [2.75, 3.05) is 6.54 Å².